The van der Waals surface area contributed by atoms with Gasteiger partial charge in [-0.05, 0) is 17.8 Å². The number of ether oxygens (including phenoxy) is 4. The van der Waals surface area contributed by atoms with E-state index in [1.807, 2.05) is 0 Å². The van der Waals surface area contributed by atoms with E-state index in [1.165, 1.54) is 27.1 Å². The number of nitrogens with two attached hydrogens (primary N) is 3. The first-order chi connectivity index (χ1) is 35.7. The zero-order chi connectivity index (χ0) is 55.0. The van der Waals surface area contributed by atoms with E-state index < -0.39 is 134 Å². The number of aromatic amines is 2. The summed E-state index contributed by atoms with van der Waals surface area (Å²) in [6.07, 6.45) is -12.1. The molecular weight excluding hydrogens is 1130 g/mol. The minimum Gasteiger partial charge on any atom is -0.756 e. The summed E-state index contributed by atoms with van der Waals surface area (Å²) in [5, 5.41) is 33.0. The van der Waals surface area contributed by atoms with Crippen LogP contribution in [0.15, 0.2) is 34.9 Å². The van der Waals surface area contributed by atoms with Gasteiger partial charge >= 0.3 is 28.1 Å². The van der Waals surface area contributed by atoms with Crippen LogP contribution in [0.2, 0.25) is 0 Å². The molecule has 0 aromatic carbocycles. The number of hydrogen-bond acceptors (Lipinski definition) is 29. The molecule has 0 aliphatic carbocycles. The fourth-order valence-corrected chi connectivity index (χ4v) is 15.9. The van der Waals surface area contributed by atoms with Gasteiger partial charge in [0.25, 0.3) is 24.9 Å². The van der Waals surface area contributed by atoms with Gasteiger partial charge in [0.1, 0.15) is 54.6 Å². The molecule has 0 amide bonds. The van der Waals surface area contributed by atoms with Crippen molar-refractivity contribution in [3.05, 3.63) is 46.0 Å². The number of hydrogen-bond donors (Lipinski definition) is 11. The summed E-state index contributed by atoms with van der Waals surface area (Å²) in [5.74, 6) is -1.83. The Labute approximate surface area is 427 Å². The number of anilines is 3. The number of fused-ring (bicyclic) bond motifs is 3. The van der Waals surface area contributed by atoms with Crippen molar-refractivity contribution in [1.82, 2.24) is 53.6 Å². The zero-order valence-corrected chi connectivity index (χ0v) is 43.6. The number of rotatable bonds is 20. The Morgan fingerprint density at radius 3 is 2.16 bits per heavy atom. The van der Waals surface area contributed by atoms with Crippen LogP contribution in [0.3, 0.4) is 0 Å². The van der Waals surface area contributed by atoms with Gasteiger partial charge in [0, 0.05) is 18.8 Å². The second-order valence-corrected chi connectivity index (χ2v) is 25.5. The Morgan fingerprint density at radius 2 is 1.45 bits per heavy atom. The molecule has 3 saturated heterocycles. The molecule has 0 radical (unpaired) electrons. The normalized spacial score (nSPS) is 30.2. The summed E-state index contributed by atoms with van der Waals surface area (Å²) >= 11 is 0.0409. The lowest BCUT2D eigenvalue weighted by Gasteiger charge is -2.31. The minimum atomic E-state index is -6.05. The Kier molecular flexibility index (Phi) is 15.6. The number of H-pyrrole nitrogens is 2. The van der Waals surface area contributed by atoms with Crippen molar-refractivity contribution in [2.45, 2.75) is 80.9 Å². The minimum absolute atomic E-state index is 0.0148. The largest absolute Gasteiger partial charge is 0.756 e. The summed E-state index contributed by atoms with van der Waals surface area (Å²) in [5.41, 5.74) is 15.9. The van der Waals surface area contributed by atoms with Crippen LogP contribution in [0.1, 0.15) is 32.0 Å². The molecule has 416 valence electrons. The van der Waals surface area contributed by atoms with Crippen LogP contribution >= 0.6 is 41.6 Å². The summed E-state index contributed by atoms with van der Waals surface area (Å²) in [7, 11) is -15.0. The topological polar surface area (TPSA) is 536 Å². The van der Waals surface area contributed by atoms with Gasteiger partial charge in [-0.25, -0.2) is 38.2 Å². The Bertz CT molecular complexity index is 3490. The van der Waals surface area contributed by atoms with Crippen LogP contribution in [0.5, 0.6) is 0 Å². The number of aliphatic hydroxyl groups is 3. The average Bonchev–Trinajstić information content (AvgIpc) is 4.20. The van der Waals surface area contributed by atoms with Gasteiger partial charge in [-0.15, -0.1) is 0 Å². The first-order valence-electron chi connectivity index (χ1n) is 22.0. The molecule has 37 nitrogen and oxygen atoms in total. The second-order valence-electron chi connectivity index (χ2n) is 17.0. The van der Waals surface area contributed by atoms with Crippen LogP contribution in [-0.2, 0) is 66.4 Å². The number of nitrogens with zero attached hydrogens (tertiary/aromatic N) is 10. The third kappa shape index (κ3) is 11.1. The maximum Gasteiger partial charge on any atom is 0.488 e. The number of aliphatic hydroxyl groups excluding tert-OH is 3. The third-order valence-corrected chi connectivity index (χ3v) is 19.8. The molecule has 9 heterocycles. The van der Waals surface area contributed by atoms with E-state index in [-0.39, 0.29) is 69.0 Å². The molecule has 4 unspecified atom stereocenters. The van der Waals surface area contributed by atoms with Crippen molar-refractivity contribution >= 4 is 92.9 Å². The fourth-order valence-electron chi connectivity index (χ4n) is 8.87. The first-order valence-corrected chi connectivity index (χ1v) is 29.6. The molecule has 16 atom stereocenters. The van der Waals surface area contributed by atoms with Gasteiger partial charge in [0.15, 0.2) is 41.4 Å². The number of nitrogen functional groups attached to an aromatic ring is 3. The van der Waals surface area contributed by atoms with Crippen LogP contribution in [0.25, 0.3) is 33.5 Å². The molecule has 3 fully saturated rings. The van der Waals surface area contributed by atoms with Gasteiger partial charge in [-0.3, -0.25) is 42.3 Å². The summed E-state index contributed by atoms with van der Waals surface area (Å²) in [6.45, 7) is -5.91. The smallest absolute Gasteiger partial charge is 0.488 e. The van der Waals surface area contributed by atoms with E-state index in [2.05, 4.69) is 48.5 Å². The first kappa shape index (κ1) is 56.0. The number of phosphoric acid groups is 3. The van der Waals surface area contributed by atoms with E-state index in [0.717, 1.165) is 30.7 Å². The van der Waals surface area contributed by atoms with Crippen molar-refractivity contribution in [3.63, 3.8) is 0 Å². The highest BCUT2D eigenvalue weighted by molar-refractivity contribution is 8.55. The van der Waals surface area contributed by atoms with E-state index >= 15 is 0 Å². The number of methoxy groups -OCH3 is 1. The molecule has 42 heteroatoms. The molecule has 3 aliphatic heterocycles. The van der Waals surface area contributed by atoms with Crippen molar-refractivity contribution in [2.75, 3.05) is 43.3 Å². The maximum atomic E-state index is 13.6. The Hall–Kier alpha value is -4.72. The molecule has 6 aromatic heterocycles. The number of nitrogens with one attached hydrogen (secondary N) is 2. The molecule has 0 saturated carbocycles. The highest BCUT2D eigenvalue weighted by Crippen LogP contribution is 2.71. The van der Waals surface area contributed by atoms with E-state index in [4.69, 9.17) is 49.7 Å². The fraction of sp³-hybridized carbons (Fsp3) is 0.559. The van der Waals surface area contributed by atoms with Crippen molar-refractivity contribution in [2.24, 2.45) is 13.0 Å². The van der Waals surface area contributed by atoms with Crippen LogP contribution in [-0.4, -0.2) is 158 Å². The third-order valence-electron chi connectivity index (χ3n) is 12.2. The SMILES string of the molecule is CC[C@H]1[C@@H](O)[C@H]([n+]2cn(C)c3c(=O)[nH]c(N)nc32)O[C@@H]1CSP(=O)(O)OP(=O)(O)OP(=O)(O)OC[C@H]1O[C@@H](n2cnc3c(N)ncnc32)[C@H](OC)[C@@H]1OP(=O)([O-])OC[C@H]1O[C@@H](n2cnc3c(=O)[nH]c(N)nc32)[C@H](O)[C@@H]1O. The van der Waals surface area contributed by atoms with Crippen molar-refractivity contribution in [1.29, 1.82) is 0 Å². The van der Waals surface area contributed by atoms with Gasteiger partial charge < -0.3 is 80.1 Å². The lowest BCUT2D eigenvalue weighted by atomic mass is 9.96. The summed E-state index contributed by atoms with van der Waals surface area (Å²) in [4.78, 5) is 99.1. The second kappa shape index (κ2) is 21.2. The lowest BCUT2D eigenvalue weighted by Crippen LogP contribution is -2.45. The van der Waals surface area contributed by atoms with Crippen molar-refractivity contribution < 1.29 is 98.9 Å². The van der Waals surface area contributed by atoms with Gasteiger partial charge in [0.2, 0.25) is 17.7 Å². The standard InChI is InChI=1S/C34H47N15O22P4S/c1-4-12-15(68-30(19(12)50)49-11-46(2)18-27(49)43-34(37)45-29(18)54)7-76-75(61,62)71-74(59,60)70-73(57,58)65-6-14-22(23(63-3)32(67-14)47-9-40-16-24(35)38-8-39-25(16)47)69-72(55,56)64-5-13-20(51)21(52)31(66-13)48-10-41-17-26(48)42-33(36)44-28(17)53/h8-15,19-23,30-32,50-52H,4-7H2,1-3H3,(H11-,35,36,37,38,39,42,43,44,45,53,54,55,56,57,58,59,60,61,62)/t12-,13-,14-,15-,19-,20-,21-,22-,23-,30-,31-,32-/m1/s1. The predicted octanol–water partition coefficient (Wildman–Crippen LogP) is -2.96. The molecule has 0 bridgehead atoms. The molecule has 14 N–H and O–H groups in total. The predicted molar refractivity (Wildman–Crippen MR) is 251 cm³/mol. The molecule has 6 aromatic rings. The quantitative estimate of drug-likeness (QED) is 0.0269. The Morgan fingerprint density at radius 1 is 0.789 bits per heavy atom. The van der Waals surface area contributed by atoms with Crippen LogP contribution in [0, 0.1) is 5.92 Å². The molecule has 0 spiro atoms. The van der Waals surface area contributed by atoms with Gasteiger partial charge in [-0.2, -0.15) is 13.6 Å². The van der Waals surface area contributed by atoms with Crippen LogP contribution in [0.4, 0.5) is 17.7 Å². The number of imidazole rings is 3. The zero-order valence-electron chi connectivity index (χ0n) is 39.2. The molecule has 9 rings (SSSR count). The highest BCUT2D eigenvalue weighted by atomic mass is 32.7. The summed E-state index contributed by atoms with van der Waals surface area (Å²) in [6, 6.07) is 0. The van der Waals surface area contributed by atoms with Gasteiger partial charge in [-0.1, -0.05) is 11.9 Å². The lowest BCUT2D eigenvalue weighted by molar-refractivity contribution is -0.745. The van der Waals surface area contributed by atoms with Crippen LogP contribution < -0.4 is 37.8 Å². The van der Waals surface area contributed by atoms with Gasteiger partial charge in [0.05, 0.1) is 39.0 Å². The monoisotopic (exact) mass is 1170 g/mol. The molecule has 76 heavy (non-hydrogen) atoms. The number of aryl methyl sites for hydroxylation is 1. The van der Waals surface area contributed by atoms with E-state index in [0.29, 0.717) is 0 Å². The summed E-state index contributed by atoms with van der Waals surface area (Å²) < 4.78 is 106. The van der Waals surface area contributed by atoms with E-state index in [9.17, 15) is 62.7 Å². The van der Waals surface area contributed by atoms with E-state index in [1.54, 1.807) is 6.92 Å². The van der Waals surface area contributed by atoms with Crippen molar-refractivity contribution in [3.8, 4) is 0 Å². The maximum absolute atomic E-state index is 13.6. The number of phosphoric ester groups is 2. The molecular formula is C34H47N15O22P4S. The average molecular weight is 1170 g/mol. The molecule has 3 aliphatic rings. The Balaban J connectivity index is 0.866. The number of aromatic nitrogens is 12. The highest BCUT2D eigenvalue weighted by Gasteiger charge is 2.53.